The summed E-state index contributed by atoms with van der Waals surface area (Å²) in [4.78, 5) is 0.161. The van der Waals surface area contributed by atoms with Gasteiger partial charge in [-0.25, -0.2) is 0 Å². The van der Waals surface area contributed by atoms with E-state index in [1.54, 1.807) is 36.4 Å². The van der Waals surface area contributed by atoms with E-state index < -0.39 is 10.1 Å². The monoisotopic (exact) mass is 738 g/mol. The summed E-state index contributed by atoms with van der Waals surface area (Å²) in [6.07, 6.45) is 1.99. The van der Waals surface area contributed by atoms with E-state index in [9.17, 15) is 8.42 Å². The molecule has 0 aliphatic heterocycles. The second-order valence-corrected chi connectivity index (χ2v) is 12.8. The third kappa shape index (κ3) is 21.7. The van der Waals surface area contributed by atoms with Crippen molar-refractivity contribution < 1.29 is 52.0 Å². The first-order valence-corrected chi connectivity index (χ1v) is 18.5. The highest BCUT2D eigenvalue weighted by molar-refractivity contribution is 7.86. The van der Waals surface area contributed by atoms with Crippen LogP contribution in [0.15, 0.2) is 65.6 Å². The average Bonchev–Trinajstić information content (AvgIpc) is 3.14. The summed E-state index contributed by atoms with van der Waals surface area (Å²) in [6, 6.07) is 17.1. The second kappa shape index (κ2) is 28.4. The molecule has 7 N–H and O–H groups in total. The van der Waals surface area contributed by atoms with E-state index in [0.717, 1.165) is 53.0 Å². The van der Waals surface area contributed by atoms with Crippen LogP contribution in [0.4, 0.5) is 11.4 Å². The quantitative estimate of drug-likeness (QED) is 0.0465. The molecule has 0 aliphatic carbocycles. The number of nitrogen functional groups attached to an aromatic ring is 1. The summed E-state index contributed by atoms with van der Waals surface area (Å²) in [5.41, 5.74) is 11.0. The van der Waals surface area contributed by atoms with Gasteiger partial charge in [-0.3, -0.25) is 4.18 Å². The third-order valence-electron chi connectivity index (χ3n) is 6.65. The van der Waals surface area contributed by atoms with Gasteiger partial charge in [-0.1, -0.05) is 43.7 Å². The van der Waals surface area contributed by atoms with Gasteiger partial charge in [0.1, 0.15) is 0 Å². The van der Waals surface area contributed by atoms with Crippen LogP contribution in [0.5, 0.6) is 0 Å². The Balaban J connectivity index is 0.000000399. The van der Waals surface area contributed by atoms with E-state index in [1.165, 1.54) is 12.1 Å². The van der Waals surface area contributed by atoms with Gasteiger partial charge in [0.05, 0.1) is 77.6 Å². The number of nitrogens with two attached hydrogens (primary N) is 1. The number of hydrogen-bond acceptors (Lipinski definition) is 13. The van der Waals surface area contributed by atoms with Gasteiger partial charge in [-0.15, -0.1) is 0 Å². The lowest BCUT2D eigenvalue weighted by Crippen LogP contribution is -2.13. The van der Waals surface area contributed by atoms with Crippen molar-refractivity contribution in [2.24, 2.45) is 0 Å². The van der Waals surface area contributed by atoms with Crippen molar-refractivity contribution >= 4 is 21.5 Å². The number of anilines is 2. The number of nitrogens with one attached hydrogen (secondary N) is 1. The lowest BCUT2D eigenvalue weighted by Gasteiger charge is -2.10. The number of hydrogen-bond donors (Lipinski definition) is 6. The number of aliphatic hydroxyl groups excluding tert-OH is 4. The standard InChI is InChI=1S/C15H25NO4.C14H22O5S.C8H11NO2/c1-2-4-19-6-7-20-5-3-16-15-9-13(11-17)8-14(10-15)12-18;1-3-8-17-9-10-18-11-12-19-20(15,16)14-6-4-13(2)5-7-14;9-8-2-6(4-10)1-7(3-8)5-11/h8-10,16-18H,2-7,11-12H2,1H3;4-7H,3,8-12H2,1-2H3;1-3,10-11H,4-5,9H2. The van der Waals surface area contributed by atoms with Crippen LogP contribution in [-0.2, 0) is 59.7 Å². The fourth-order valence-electron chi connectivity index (χ4n) is 4.20. The van der Waals surface area contributed by atoms with Crippen molar-refractivity contribution in [2.45, 2.75) is 64.9 Å². The molecule has 0 spiro atoms. The maximum absolute atomic E-state index is 11.8. The first kappa shape index (κ1) is 45.9. The highest BCUT2D eigenvalue weighted by atomic mass is 32.2. The van der Waals surface area contributed by atoms with Gasteiger partial charge < -0.3 is 50.4 Å². The fraction of sp³-hybridized carbons (Fsp3) is 0.514. The maximum atomic E-state index is 11.8. The summed E-state index contributed by atoms with van der Waals surface area (Å²) < 4.78 is 49.7. The van der Waals surface area contributed by atoms with Gasteiger partial charge >= 0.3 is 0 Å². The lowest BCUT2D eigenvalue weighted by atomic mass is 10.1. The summed E-state index contributed by atoms with van der Waals surface area (Å²) in [6.45, 7) is 11.0. The minimum absolute atomic E-state index is 0.00396. The molecule has 0 unspecified atom stereocenters. The molecule has 0 heterocycles. The number of rotatable bonds is 23. The van der Waals surface area contributed by atoms with Gasteiger partial charge in [0, 0.05) is 31.1 Å². The highest BCUT2D eigenvalue weighted by Crippen LogP contribution is 2.16. The van der Waals surface area contributed by atoms with Crippen LogP contribution in [0.25, 0.3) is 0 Å². The average molecular weight is 739 g/mol. The van der Waals surface area contributed by atoms with Crippen molar-refractivity contribution in [1.29, 1.82) is 0 Å². The fourth-order valence-corrected chi connectivity index (χ4v) is 5.09. The molecule has 14 heteroatoms. The Morgan fingerprint density at radius 3 is 1.45 bits per heavy atom. The Bertz CT molecular complexity index is 1380. The predicted molar refractivity (Wildman–Crippen MR) is 198 cm³/mol. The SMILES string of the molecule is CCCOCCOCCNc1cc(CO)cc(CO)c1.CCCOCCOCCOS(=O)(=O)c1ccc(C)cc1.Nc1cc(CO)cc(CO)c1. The molecule has 13 nitrogen and oxygen atoms in total. The molecule has 288 valence electrons. The first-order valence-electron chi connectivity index (χ1n) is 17.1. The normalized spacial score (nSPS) is 11.0. The van der Waals surface area contributed by atoms with Crippen LogP contribution in [0, 0.1) is 6.92 Å². The third-order valence-corrected chi connectivity index (χ3v) is 7.98. The Hall–Kier alpha value is -3.15. The van der Waals surface area contributed by atoms with E-state index in [1.807, 2.05) is 26.0 Å². The topological polar surface area (TPSA) is 199 Å². The molecule has 0 radical (unpaired) electrons. The molecule has 0 aromatic heterocycles. The molecule has 3 aromatic carbocycles. The molecule has 0 aliphatic rings. The molecule has 3 aromatic rings. The van der Waals surface area contributed by atoms with Crippen LogP contribution < -0.4 is 11.1 Å². The van der Waals surface area contributed by atoms with Crippen molar-refractivity contribution in [3.05, 3.63) is 88.5 Å². The number of benzene rings is 3. The molecule has 51 heavy (non-hydrogen) atoms. The van der Waals surface area contributed by atoms with E-state index in [4.69, 9.17) is 49.3 Å². The van der Waals surface area contributed by atoms with Gasteiger partial charge in [0.2, 0.25) is 0 Å². The van der Waals surface area contributed by atoms with Crippen molar-refractivity contribution in [3.63, 3.8) is 0 Å². The molecule has 3 rings (SSSR count). The van der Waals surface area contributed by atoms with Crippen LogP contribution in [0.3, 0.4) is 0 Å². The van der Waals surface area contributed by atoms with Gasteiger partial charge in [-0.05, 0) is 78.4 Å². The zero-order valence-electron chi connectivity index (χ0n) is 30.2. The van der Waals surface area contributed by atoms with Crippen molar-refractivity contribution in [3.8, 4) is 0 Å². The van der Waals surface area contributed by atoms with Crippen LogP contribution >= 0.6 is 0 Å². The Morgan fingerprint density at radius 1 is 0.588 bits per heavy atom. The maximum Gasteiger partial charge on any atom is 0.297 e. The molecule has 0 saturated carbocycles. The number of aryl methyl sites for hydroxylation is 1. The zero-order chi connectivity index (χ0) is 37.7. The zero-order valence-corrected chi connectivity index (χ0v) is 31.0. The molecule has 0 atom stereocenters. The van der Waals surface area contributed by atoms with E-state index >= 15 is 0 Å². The molecule has 0 bridgehead atoms. The van der Waals surface area contributed by atoms with E-state index in [0.29, 0.717) is 51.9 Å². The minimum atomic E-state index is -3.69. The summed E-state index contributed by atoms with van der Waals surface area (Å²) in [5, 5.41) is 39.0. The van der Waals surface area contributed by atoms with Crippen LogP contribution in [0.1, 0.15) is 54.5 Å². The largest absolute Gasteiger partial charge is 0.399 e. The van der Waals surface area contributed by atoms with Crippen LogP contribution in [-0.4, -0.2) is 94.9 Å². The summed E-state index contributed by atoms with van der Waals surface area (Å²) >= 11 is 0. The second-order valence-electron chi connectivity index (χ2n) is 11.2. The van der Waals surface area contributed by atoms with Crippen molar-refractivity contribution in [2.75, 3.05) is 77.1 Å². The van der Waals surface area contributed by atoms with E-state index in [-0.39, 0.29) is 44.5 Å². The Morgan fingerprint density at radius 2 is 1.00 bits per heavy atom. The van der Waals surface area contributed by atoms with E-state index in [2.05, 4.69) is 12.2 Å². The molecular formula is C37H58N2O11S. The first-order chi connectivity index (χ1) is 24.6. The van der Waals surface area contributed by atoms with Gasteiger partial charge in [-0.2, -0.15) is 8.42 Å². The molecule has 0 saturated heterocycles. The lowest BCUT2D eigenvalue weighted by molar-refractivity contribution is 0.0373. The van der Waals surface area contributed by atoms with Crippen LogP contribution in [0.2, 0.25) is 0 Å². The van der Waals surface area contributed by atoms with Gasteiger partial charge in [0.25, 0.3) is 10.1 Å². The smallest absolute Gasteiger partial charge is 0.297 e. The van der Waals surface area contributed by atoms with Gasteiger partial charge in [0.15, 0.2) is 0 Å². The Labute approximate surface area is 303 Å². The summed E-state index contributed by atoms with van der Waals surface area (Å²) in [7, 11) is -3.69. The number of ether oxygens (including phenoxy) is 4. The highest BCUT2D eigenvalue weighted by Gasteiger charge is 2.14. The number of aliphatic hydroxyl groups is 4. The molecule has 0 fully saturated rings. The molecule has 0 amide bonds. The summed E-state index contributed by atoms with van der Waals surface area (Å²) in [5.74, 6) is 0. The predicted octanol–water partition coefficient (Wildman–Crippen LogP) is 3.92. The minimum Gasteiger partial charge on any atom is -0.399 e. The molecular weight excluding hydrogens is 680 g/mol. The Kier molecular flexibility index (Phi) is 25.6. The van der Waals surface area contributed by atoms with Crippen molar-refractivity contribution in [1.82, 2.24) is 0 Å².